The summed E-state index contributed by atoms with van der Waals surface area (Å²) in [4.78, 5) is 18.0. The minimum absolute atomic E-state index is 0.221. The lowest BCUT2D eigenvalue weighted by atomic mass is 9.84. The summed E-state index contributed by atoms with van der Waals surface area (Å²) >= 11 is 1.45. The Bertz CT molecular complexity index is 941. The number of rotatable bonds is 4. The number of nitrogens with zero attached hydrogens (tertiary/aromatic N) is 2. The standard InChI is InChI=1S/C19H17N3O5S/c1-24-12-4-2-10(3-5-12)15-14-16(20-21-18(23)11-6-7-28-9-11)19-25-8-13(26-19)17(14)27-22-15/h2-7,9,13-14,17,19H,8H2,1H3,(H,21,23)/b20-16+/t13-,14+,17+,19+/m0/s1. The van der Waals surface area contributed by atoms with E-state index in [2.05, 4.69) is 15.7 Å². The minimum atomic E-state index is -0.626. The Labute approximate surface area is 164 Å². The molecule has 0 radical (unpaired) electrons. The van der Waals surface area contributed by atoms with E-state index in [-0.39, 0.29) is 24.0 Å². The van der Waals surface area contributed by atoms with Crippen molar-refractivity contribution in [2.45, 2.75) is 18.5 Å². The molecular weight excluding hydrogens is 382 g/mol. The molecule has 5 rings (SSSR count). The third-order valence-corrected chi connectivity index (χ3v) is 5.67. The predicted molar refractivity (Wildman–Crippen MR) is 102 cm³/mol. The van der Waals surface area contributed by atoms with Crippen LogP contribution in [0, 0.1) is 5.92 Å². The molecule has 1 aromatic carbocycles. The van der Waals surface area contributed by atoms with E-state index in [0.29, 0.717) is 17.9 Å². The molecule has 0 unspecified atom stereocenters. The molecule has 0 spiro atoms. The van der Waals surface area contributed by atoms with Gasteiger partial charge < -0.3 is 19.0 Å². The van der Waals surface area contributed by atoms with Crippen LogP contribution in [0.2, 0.25) is 0 Å². The van der Waals surface area contributed by atoms with Crippen molar-refractivity contribution in [1.82, 2.24) is 5.43 Å². The summed E-state index contributed by atoms with van der Waals surface area (Å²) in [5.74, 6) is 0.210. The number of benzene rings is 1. The zero-order valence-electron chi connectivity index (χ0n) is 14.9. The van der Waals surface area contributed by atoms with Gasteiger partial charge in [0, 0.05) is 10.9 Å². The normalized spacial score (nSPS) is 29.2. The third kappa shape index (κ3) is 2.88. The quantitative estimate of drug-likeness (QED) is 0.795. The second-order valence-electron chi connectivity index (χ2n) is 6.58. The van der Waals surface area contributed by atoms with Crippen LogP contribution in [-0.2, 0) is 14.3 Å². The molecular formula is C19H17N3O5S. The van der Waals surface area contributed by atoms with E-state index >= 15 is 0 Å². The molecule has 3 aliphatic rings. The molecule has 28 heavy (non-hydrogen) atoms. The van der Waals surface area contributed by atoms with Gasteiger partial charge in [0.15, 0.2) is 12.4 Å². The summed E-state index contributed by atoms with van der Waals surface area (Å²) in [6.07, 6.45) is -1.19. The fourth-order valence-electron chi connectivity index (χ4n) is 3.57. The lowest BCUT2D eigenvalue weighted by molar-refractivity contribution is -0.0812. The zero-order chi connectivity index (χ0) is 19.1. The first-order valence-corrected chi connectivity index (χ1v) is 9.74. The van der Waals surface area contributed by atoms with Crippen molar-refractivity contribution in [2.24, 2.45) is 16.2 Å². The van der Waals surface area contributed by atoms with Crippen LogP contribution in [0.5, 0.6) is 5.75 Å². The Morgan fingerprint density at radius 3 is 2.93 bits per heavy atom. The van der Waals surface area contributed by atoms with Gasteiger partial charge in [0.05, 0.1) is 30.9 Å². The van der Waals surface area contributed by atoms with E-state index in [9.17, 15) is 4.79 Å². The summed E-state index contributed by atoms with van der Waals surface area (Å²) in [5, 5.41) is 12.3. The second-order valence-corrected chi connectivity index (χ2v) is 7.36. The smallest absolute Gasteiger partial charge is 0.272 e. The highest BCUT2D eigenvalue weighted by Gasteiger charge is 2.55. The van der Waals surface area contributed by atoms with Crippen LogP contribution in [0.4, 0.5) is 0 Å². The molecule has 9 heteroatoms. The third-order valence-electron chi connectivity index (χ3n) is 4.99. The predicted octanol–water partition coefficient (Wildman–Crippen LogP) is 2.02. The average Bonchev–Trinajstić information content (AvgIpc) is 3.48. The molecule has 0 saturated carbocycles. The molecule has 4 heterocycles. The van der Waals surface area contributed by atoms with E-state index in [0.717, 1.165) is 17.0 Å². The first kappa shape index (κ1) is 17.4. The van der Waals surface area contributed by atoms with Crippen LogP contribution in [-0.4, -0.2) is 49.5 Å². The van der Waals surface area contributed by atoms with Gasteiger partial charge in [-0.1, -0.05) is 5.16 Å². The molecule has 2 saturated heterocycles. The van der Waals surface area contributed by atoms with E-state index in [4.69, 9.17) is 19.0 Å². The number of hydrogen-bond acceptors (Lipinski definition) is 8. The molecule has 144 valence electrons. The molecule has 1 amide bonds. The molecule has 2 aromatic rings. The van der Waals surface area contributed by atoms with Crippen LogP contribution in [0.25, 0.3) is 0 Å². The lowest BCUT2D eigenvalue weighted by Crippen LogP contribution is -2.49. The van der Waals surface area contributed by atoms with Crippen molar-refractivity contribution < 1.29 is 23.8 Å². The van der Waals surface area contributed by atoms with Crippen LogP contribution < -0.4 is 10.2 Å². The number of carbonyl (C=O) groups excluding carboxylic acids is 1. The second kappa shape index (κ2) is 7.01. The zero-order valence-corrected chi connectivity index (χ0v) is 15.7. The molecule has 3 aliphatic heterocycles. The maximum absolute atomic E-state index is 12.3. The fraction of sp³-hybridized carbons (Fsp3) is 0.316. The van der Waals surface area contributed by atoms with Gasteiger partial charge in [-0.25, -0.2) is 5.43 Å². The molecule has 2 bridgehead atoms. The minimum Gasteiger partial charge on any atom is -0.497 e. The Morgan fingerprint density at radius 2 is 2.18 bits per heavy atom. The average molecular weight is 399 g/mol. The largest absolute Gasteiger partial charge is 0.497 e. The maximum Gasteiger partial charge on any atom is 0.272 e. The van der Waals surface area contributed by atoms with Crippen molar-refractivity contribution in [2.75, 3.05) is 13.7 Å². The van der Waals surface area contributed by atoms with Gasteiger partial charge in [-0.2, -0.15) is 16.4 Å². The van der Waals surface area contributed by atoms with Gasteiger partial charge in [0.25, 0.3) is 5.91 Å². The van der Waals surface area contributed by atoms with Gasteiger partial charge >= 0.3 is 0 Å². The number of ether oxygens (including phenoxy) is 3. The Morgan fingerprint density at radius 1 is 1.32 bits per heavy atom. The molecule has 8 nitrogen and oxygen atoms in total. The molecule has 1 N–H and O–H groups in total. The topological polar surface area (TPSA) is 90.7 Å². The van der Waals surface area contributed by atoms with E-state index in [1.807, 2.05) is 29.6 Å². The lowest BCUT2D eigenvalue weighted by Gasteiger charge is -2.30. The van der Waals surface area contributed by atoms with Crippen LogP contribution in [0.1, 0.15) is 15.9 Å². The number of carbonyl (C=O) groups is 1. The molecule has 2 fully saturated rings. The van der Waals surface area contributed by atoms with Crippen molar-refractivity contribution in [3.63, 3.8) is 0 Å². The summed E-state index contributed by atoms with van der Waals surface area (Å²) in [5.41, 5.74) is 5.34. The Balaban J connectivity index is 1.45. The monoisotopic (exact) mass is 399 g/mol. The number of fused-ring (bicyclic) bond motifs is 4. The summed E-state index contributed by atoms with van der Waals surface area (Å²) in [6.45, 7) is 0.398. The highest BCUT2D eigenvalue weighted by molar-refractivity contribution is 7.08. The van der Waals surface area contributed by atoms with E-state index < -0.39 is 6.29 Å². The first-order valence-electron chi connectivity index (χ1n) is 8.80. The number of methoxy groups -OCH3 is 1. The van der Waals surface area contributed by atoms with Gasteiger partial charge in [-0.15, -0.1) is 0 Å². The maximum atomic E-state index is 12.3. The van der Waals surface area contributed by atoms with Gasteiger partial charge in [0.2, 0.25) is 0 Å². The Hall–Kier alpha value is -2.75. The number of hydrogen-bond donors (Lipinski definition) is 1. The number of amides is 1. The number of hydrazone groups is 1. The number of thiophene rings is 1. The van der Waals surface area contributed by atoms with Crippen molar-refractivity contribution in [1.29, 1.82) is 0 Å². The first-order chi connectivity index (χ1) is 13.7. The van der Waals surface area contributed by atoms with Crippen molar-refractivity contribution >= 4 is 28.7 Å². The summed E-state index contributed by atoms with van der Waals surface area (Å²) < 4.78 is 16.8. The van der Waals surface area contributed by atoms with E-state index in [1.54, 1.807) is 18.6 Å². The number of nitrogens with one attached hydrogen (secondary N) is 1. The van der Waals surface area contributed by atoms with Crippen LogP contribution in [0.3, 0.4) is 0 Å². The van der Waals surface area contributed by atoms with Gasteiger partial charge in [-0.05, 0) is 35.7 Å². The van der Waals surface area contributed by atoms with E-state index in [1.165, 1.54) is 11.3 Å². The highest BCUT2D eigenvalue weighted by Crippen LogP contribution is 2.38. The molecule has 0 aliphatic carbocycles. The molecule has 4 atom stereocenters. The van der Waals surface area contributed by atoms with Gasteiger partial charge in [0.1, 0.15) is 17.6 Å². The van der Waals surface area contributed by atoms with Gasteiger partial charge in [-0.3, -0.25) is 4.79 Å². The van der Waals surface area contributed by atoms with Crippen LogP contribution >= 0.6 is 11.3 Å². The van der Waals surface area contributed by atoms with Crippen molar-refractivity contribution in [3.8, 4) is 5.75 Å². The SMILES string of the molecule is COc1ccc(C2=NO[C@@H]3[C@@H]4CO[C@H](O4)/C(=N/NC(=O)c4ccsc4)[C@@H]23)cc1. The Kier molecular flexibility index (Phi) is 4.34. The summed E-state index contributed by atoms with van der Waals surface area (Å²) in [7, 11) is 1.62. The van der Waals surface area contributed by atoms with Crippen LogP contribution in [0.15, 0.2) is 51.3 Å². The fourth-order valence-corrected chi connectivity index (χ4v) is 4.20. The molecule has 1 aromatic heterocycles. The number of oxime groups is 1. The summed E-state index contributed by atoms with van der Waals surface area (Å²) in [6, 6.07) is 9.31. The van der Waals surface area contributed by atoms with Crippen molar-refractivity contribution in [3.05, 3.63) is 52.2 Å². The highest BCUT2D eigenvalue weighted by atomic mass is 32.1.